The molecule has 0 unspecified atom stereocenters. The molecule has 2 saturated heterocycles. The Morgan fingerprint density at radius 2 is 1.73 bits per heavy atom. The normalized spacial score (nSPS) is 21.7. The molecule has 11 heteroatoms. The fourth-order valence-corrected chi connectivity index (χ4v) is 4.72. The van der Waals surface area contributed by atoms with Gasteiger partial charge in [0.15, 0.2) is 0 Å². The van der Waals surface area contributed by atoms with E-state index in [2.05, 4.69) is 10.3 Å². The van der Waals surface area contributed by atoms with E-state index < -0.39 is 21.9 Å². The molecule has 1 aromatic heterocycles. The smallest absolute Gasteiger partial charge is 0.379 e. The van der Waals surface area contributed by atoms with Gasteiger partial charge in [0.1, 0.15) is 5.82 Å². The molecule has 1 N–H and O–H groups in total. The lowest BCUT2D eigenvalue weighted by molar-refractivity contribution is -0.137. The molecule has 0 aromatic carbocycles. The van der Waals surface area contributed by atoms with E-state index >= 15 is 0 Å². The number of ether oxygens (including phenoxy) is 1. The molecular formula is C15H21F3N4O3S. The van der Waals surface area contributed by atoms with Gasteiger partial charge in [0, 0.05) is 38.4 Å². The molecule has 7 nitrogen and oxygen atoms in total. The number of piperidine rings is 1. The van der Waals surface area contributed by atoms with Crippen molar-refractivity contribution in [2.45, 2.75) is 25.1 Å². The summed E-state index contributed by atoms with van der Waals surface area (Å²) in [4.78, 5) is 3.80. The van der Waals surface area contributed by atoms with E-state index in [1.165, 1.54) is 20.9 Å². The van der Waals surface area contributed by atoms with Crippen LogP contribution in [-0.4, -0.2) is 67.4 Å². The minimum absolute atomic E-state index is 0.213. The second-order valence-electron chi connectivity index (χ2n) is 6.23. The molecule has 0 atom stereocenters. The van der Waals surface area contributed by atoms with Crippen molar-refractivity contribution in [3.63, 3.8) is 0 Å². The van der Waals surface area contributed by atoms with Gasteiger partial charge in [0.25, 0.3) is 10.2 Å². The van der Waals surface area contributed by atoms with Crippen molar-refractivity contribution in [3.05, 3.63) is 23.9 Å². The summed E-state index contributed by atoms with van der Waals surface area (Å²) in [5.74, 6) is -0.213. The first-order valence-electron chi connectivity index (χ1n) is 8.40. The molecule has 26 heavy (non-hydrogen) atoms. The Morgan fingerprint density at radius 1 is 1.12 bits per heavy atom. The Kier molecular flexibility index (Phi) is 5.70. The van der Waals surface area contributed by atoms with Gasteiger partial charge in [0.2, 0.25) is 0 Å². The zero-order valence-corrected chi connectivity index (χ0v) is 14.9. The van der Waals surface area contributed by atoms with Crippen LogP contribution in [0.1, 0.15) is 18.4 Å². The van der Waals surface area contributed by atoms with E-state index in [4.69, 9.17) is 4.74 Å². The monoisotopic (exact) mass is 394 g/mol. The van der Waals surface area contributed by atoms with Crippen LogP contribution in [0.4, 0.5) is 19.0 Å². The van der Waals surface area contributed by atoms with Crippen LogP contribution < -0.4 is 5.32 Å². The van der Waals surface area contributed by atoms with Crippen LogP contribution in [0.2, 0.25) is 0 Å². The Hall–Kier alpha value is -1.43. The number of hydrogen-bond acceptors (Lipinski definition) is 5. The number of hydrogen-bond donors (Lipinski definition) is 1. The maximum absolute atomic E-state index is 13.0. The Labute approximate surface area is 150 Å². The molecule has 146 valence electrons. The van der Waals surface area contributed by atoms with Crippen molar-refractivity contribution >= 4 is 16.0 Å². The largest absolute Gasteiger partial charge is 0.419 e. The number of rotatable bonds is 4. The maximum atomic E-state index is 13.0. The number of anilines is 1. The third-order valence-corrected chi connectivity index (χ3v) is 6.57. The van der Waals surface area contributed by atoms with Crippen LogP contribution in [0.15, 0.2) is 18.3 Å². The van der Waals surface area contributed by atoms with Crippen LogP contribution in [0, 0.1) is 0 Å². The first kappa shape index (κ1) is 19.3. The second-order valence-corrected chi connectivity index (χ2v) is 8.16. The van der Waals surface area contributed by atoms with Gasteiger partial charge in [-0.15, -0.1) is 0 Å². The summed E-state index contributed by atoms with van der Waals surface area (Å²) in [7, 11) is -3.55. The zero-order valence-electron chi connectivity index (χ0n) is 14.1. The fraction of sp³-hybridized carbons (Fsp3) is 0.667. The second kappa shape index (κ2) is 7.67. The van der Waals surface area contributed by atoms with Crippen molar-refractivity contribution in [1.29, 1.82) is 0 Å². The van der Waals surface area contributed by atoms with Gasteiger partial charge < -0.3 is 10.1 Å². The number of pyridine rings is 1. The van der Waals surface area contributed by atoms with Gasteiger partial charge in [-0.3, -0.25) is 0 Å². The van der Waals surface area contributed by atoms with Crippen LogP contribution in [0.5, 0.6) is 0 Å². The van der Waals surface area contributed by atoms with E-state index in [0.717, 1.165) is 6.07 Å². The number of aromatic nitrogens is 1. The molecule has 0 spiro atoms. The summed E-state index contributed by atoms with van der Waals surface area (Å²) in [5, 5.41) is 2.82. The van der Waals surface area contributed by atoms with E-state index in [1.807, 2.05) is 0 Å². The van der Waals surface area contributed by atoms with Gasteiger partial charge >= 0.3 is 6.18 Å². The number of nitrogens with one attached hydrogen (secondary N) is 1. The molecular weight excluding hydrogens is 373 g/mol. The lowest BCUT2D eigenvalue weighted by Gasteiger charge is -2.36. The molecule has 0 bridgehead atoms. The number of alkyl halides is 3. The van der Waals surface area contributed by atoms with Crippen LogP contribution in [0.3, 0.4) is 0 Å². The highest BCUT2D eigenvalue weighted by molar-refractivity contribution is 7.86. The molecule has 2 aliphatic rings. The molecule has 0 amide bonds. The zero-order chi connectivity index (χ0) is 18.8. The summed E-state index contributed by atoms with van der Waals surface area (Å²) in [6.45, 7) is 1.90. The van der Waals surface area contributed by atoms with Crippen LogP contribution >= 0.6 is 0 Å². The molecule has 0 saturated carbocycles. The molecule has 0 radical (unpaired) electrons. The van der Waals surface area contributed by atoms with E-state index in [-0.39, 0.29) is 24.9 Å². The number of nitrogens with zero attached hydrogens (tertiary/aromatic N) is 3. The summed E-state index contributed by atoms with van der Waals surface area (Å²) in [6.07, 6.45) is -2.36. The van der Waals surface area contributed by atoms with Gasteiger partial charge in [-0.05, 0) is 25.0 Å². The topological polar surface area (TPSA) is 74.8 Å². The highest BCUT2D eigenvalue weighted by Crippen LogP contribution is 2.34. The summed E-state index contributed by atoms with van der Waals surface area (Å²) in [5.41, 5.74) is -0.816. The number of morpholine rings is 1. The minimum Gasteiger partial charge on any atom is -0.379 e. The first-order valence-corrected chi connectivity index (χ1v) is 9.80. The Morgan fingerprint density at radius 3 is 2.35 bits per heavy atom. The SMILES string of the molecule is O=S(=O)(N1CCOCC1)N1CCC(Nc2ncccc2C(F)(F)F)CC1. The highest BCUT2D eigenvalue weighted by Gasteiger charge is 2.36. The predicted molar refractivity (Wildman–Crippen MR) is 88.8 cm³/mol. The predicted octanol–water partition coefficient (Wildman–Crippen LogP) is 1.55. The average molecular weight is 394 g/mol. The van der Waals surface area contributed by atoms with Crippen molar-refractivity contribution in [3.8, 4) is 0 Å². The molecule has 2 aliphatic heterocycles. The van der Waals surface area contributed by atoms with Gasteiger partial charge in [-0.25, -0.2) is 4.98 Å². The van der Waals surface area contributed by atoms with Crippen molar-refractivity contribution in [2.75, 3.05) is 44.7 Å². The number of halogens is 3. The minimum atomic E-state index is -4.49. The maximum Gasteiger partial charge on any atom is 0.419 e. The Bertz CT molecular complexity index is 715. The van der Waals surface area contributed by atoms with Gasteiger partial charge in [0.05, 0.1) is 18.8 Å². The Balaban J connectivity index is 1.61. The average Bonchev–Trinajstić information content (AvgIpc) is 2.62. The molecule has 3 heterocycles. The molecule has 2 fully saturated rings. The van der Waals surface area contributed by atoms with Crippen molar-refractivity contribution in [1.82, 2.24) is 13.6 Å². The molecule has 1 aromatic rings. The summed E-state index contributed by atoms with van der Waals surface area (Å²) in [6, 6.07) is 1.96. The summed E-state index contributed by atoms with van der Waals surface area (Å²) >= 11 is 0. The summed E-state index contributed by atoms with van der Waals surface area (Å²) < 4.78 is 72.3. The third kappa shape index (κ3) is 4.27. The van der Waals surface area contributed by atoms with Crippen LogP contribution in [0.25, 0.3) is 0 Å². The van der Waals surface area contributed by atoms with E-state index in [1.54, 1.807) is 0 Å². The van der Waals surface area contributed by atoms with Crippen molar-refractivity contribution < 1.29 is 26.3 Å². The third-order valence-electron chi connectivity index (χ3n) is 4.53. The van der Waals surface area contributed by atoms with E-state index in [0.29, 0.717) is 39.1 Å². The molecule has 3 rings (SSSR count). The fourth-order valence-electron chi connectivity index (χ4n) is 3.11. The quantitative estimate of drug-likeness (QED) is 0.839. The van der Waals surface area contributed by atoms with Crippen LogP contribution in [-0.2, 0) is 21.1 Å². The lowest BCUT2D eigenvalue weighted by atomic mass is 10.1. The van der Waals surface area contributed by atoms with Crippen molar-refractivity contribution in [2.24, 2.45) is 0 Å². The lowest BCUT2D eigenvalue weighted by Crippen LogP contribution is -2.51. The highest BCUT2D eigenvalue weighted by atomic mass is 32.2. The standard InChI is InChI=1S/C15H21F3N4O3S/c16-15(17,18)13-2-1-5-19-14(13)20-12-3-6-21(7-4-12)26(23,24)22-8-10-25-11-9-22/h1-2,5,12H,3-4,6-11H2,(H,19,20). The molecule has 0 aliphatic carbocycles. The first-order chi connectivity index (χ1) is 12.3. The van der Waals surface area contributed by atoms with Gasteiger partial charge in [-0.1, -0.05) is 0 Å². The van der Waals surface area contributed by atoms with E-state index in [9.17, 15) is 21.6 Å². The van der Waals surface area contributed by atoms with Gasteiger partial charge in [-0.2, -0.15) is 30.2 Å².